The second-order valence-corrected chi connectivity index (χ2v) is 2.57. The molecule has 2 nitrogen and oxygen atoms in total. The molecule has 0 heterocycles. The highest BCUT2D eigenvalue weighted by Gasteiger charge is 2.00. The summed E-state index contributed by atoms with van der Waals surface area (Å²) < 4.78 is 0. The number of carbonyl (C=O) groups is 1. The second-order valence-electron chi connectivity index (χ2n) is 2.57. The monoisotopic (exact) mass is 155 g/mol. The molecule has 0 N–H and O–H groups in total. The molecule has 64 valence electrons. The number of nitrogens with zero attached hydrogens (tertiary/aromatic N) is 1. The number of hydrogen-bond donors (Lipinski definition) is 0. The SMILES string of the molecule is CC/C=C/C(=O)N(C)CCC. The molecule has 11 heavy (non-hydrogen) atoms. The highest BCUT2D eigenvalue weighted by molar-refractivity contribution is 5.87. The van der Waals surface area contributed by atoms with Crippen LogP contribution in [0, 0.1) is 0 Å². The Hall–Kier alpha value is -0.790. The molecule has 0 saturated carbocycles. The van der Waals surface area contributed by atoms with Gasteiger partial charge in [0.15, 0.2) is 0 Å². The van der Waals surface area contributed by atoms with Gasteiger partial charge in [0.1, 0.15) is 0 Å². The minimum Gasteiger partial charge on any atom is -0.342 e. The highest BCUT2D eigenvalue weighted by atomic mass is 16.2. The van der Waals surface area contributed by atoms with Crippen molar-refractivity contribution in [3.63, 3.8) is 0 Å². The molecule has 0 atom stereocenters. The fraction of sp³-hybridized carbons (Fsp3) is 0.667. The highest BCUT2D eigenvalue weighted by Crippen LogP contribution is 1.90. The van der Waals surface area contributed by atoms with Crippen LogP contribution >= 0.6 is 0 Å². The van der Waals surface area contributed by atoms with E-state index in [-0.39, 0.29) is 5.91 Å². The van der Waals surface area contributed by atoms with Crippen LogP contribution in [0.25, 0.3) is 0 Å². The summed E-state index contributed by atoms with van der Waals surface area (Å²) in [4.78, 5) is 12.9. The van der Waals surface area contributed by atoms with Gasteiger partial charge in [-0.1, -0.05) is 19.9 Å². The van der Waals surface area contributed by atoms with E-state index >= 15 is 0 Å². The number of hydrogen-bond acceptors (Lipinski definition) is 1. The summed E-state index contributed by atoms with van der Waals surface area (Å²) >= 11 is 0. The summed E-state index contributed by atoms with van der Waals surface area (Å²) in [5.74, 6) is 0.105. The number of carbonyl (C=O) groups excluding carboxylic acids is 1. The quantitative estimate of drug-likeness (QED) is 0.567. The average molecular weight is 155 g/mol. The lowest BCUT2D eigenvalue weighted by Crippen LogP contribution is -2.25. The van der Waals surface area contributed by atoms with Crippen molar-refractivity contribution in [1.82, 2.24) is 4.90 Å². The molecule has 0 spiro atoms. The first kappa shape index (κ1) is 10.2. The van der Waals surface area contributed by atoms with Crippen molar-refractivity contribution in [2.24, 2.45) is 0 Å². The van der Waals surface area contributed by atoms with Gasteiger partial charge in [0.05, 0.1) is 0 Å². The molecule has 2 heteroatoms. The Bertz CT molecular complexity index is 140. The van der Waals surface area contributed by atoms with Gasteiger partial charge in [-0.2, -0.15) is 0 Å². The van der Waals surface area contributed by atoms with E-state index in [4.69, 9.17) is 0 Å². The molecule has 0 bridgehead atoms. The van der Waals surface area contributed by atoms with Crippen molar-refractivity contribution in [3.05, 3.63) is 12.2 Å². The van der Waals surface area contributed by atoms with Gasteiger partial charge in [-0.3, -0.25) is 4.79 Å². The minimum atomic E-state index is 0.105. The molecule has 0 aromatic rings. The summed E-state index contributed by atoms with van der Waals surface area (Å²) in [7, 11) is 1.83. The first-order valence-corrected chi connectivity index (χ1v) is 4.14. The maximum atomic E-state index is 11.1. The van der Waals surface area contributed by atoms with Crippen LogP contribution in [0.2, 0.25) is 0 Å². The van der Waals surface area contributed by atoms with E-state index in [1.165, 1.54) is 0 Å². The Morgan fingerprint density at radius 3 is 2.55 bits per heavy atom. The fourth-order valence-electron chi connectivity index (χ4n) is 0.792. The zero-order valence-corrected chi connectivity index (χ0v) is 7.63. The zero-order valence-electron chi connectivity index (χ0n) is 7.63. The molecule has 1 amide bonds. The van der Waals surface area contributed by atoms with Crippen molar-refractivity contribution in [2.75, 3.05) is 13.6 Å². The van der Waals surface area contributed by atoms with Crippen molar-refractivity contribution in [3.8, 4) is 0 Å². The topological polar surface area (TPSA) is 20.3 Å². The van der Waals surface area contributed by atoms with Gasteiger partial charge in [-0.25, -0.2) is 0 Å². The summed E-state index contributed by atoms with van der Waals surface area (Å²) in [6.45, 7) is 4.92. The van der Waals surface area contributed by atoms with Crippen molar-refractivity contribution in [1.29, 1.82) is 0 Å². The molecule has 0 radical (unpaired) electrons. The molecule has 0 saturated heterocycles. The number of rotatable bonds is 4. The van der Waals surface area contributed by atoms with Crippen molar-refractivity contribution in [2.45, 2.75) is 26.7 Å². The molecular formula is C9H17NO. The molecule has 0 fully saturated rings. The van der Waals surface area contributed by atoms with Gasteiger partial charge in [0, 0.05) is 13.6 Å². The van der Waals surface area contributed by atoms with Crippen LogP contribution in [0.1, 0.15) is 26.7 Å². The van der Waals surface area contributed by atoms with E-state index in [9.17, 15) is 4.79 Å². The summed E-state index contributed by atoms with van der Waals surface area (Å²) in [6.07, 6.45) is 5.46. The standard InChI is InChI=1S/C9H17NO/c1-4-6-7-9(11)10(3)8-5-2/h6-7H,4-5,8H2,1-3H3/b7-6+. The van der Waals surface area contributed by atoms with Crippen molar-refractivity contribution < 1.29 is 4.79 Å². The van der Waals surface area contributed by atoms with E-state index in [0.29, 0.717) is 0 Å². The lowest BCUT2D eigenvalue weighted by atomic mass is 10.3. The largest absolute Gasteiger partial charge is 0.342 e. The molecule has 0 aliphatic carbocycles. The first-order chi connectivity index (χ1) is 5.22. The van der Waals surface area contributed by atoms with E-state index in [2.05, 4.69) is 6.92 Å². The van der Waals surface area contributed by atoms with Gasteiger partial charge in [-0.15, -0.1) is 0 Å². The van der Waals surface area contributed by atoms with Crippen LogP contribution in [0.3, 0.4) is 0 Å². The third-order valence-electron chi connectivity index (χ3n) is 1.43. The minimum absolute atomic E-state index is 0.105. The first-order valence-electron chi connectivity index (χ1n) is 4.14. The Kier molecular flexibility index (Phi) is 5.53. The Morgan fingerprint density at radius 2 is 2.09 bits per heavy atom. The predicted octanol–water partition coefficient (Wildman–Crippen LogP) is 1.82. The van der Waals surface area contributed by atoms with Crippen LogP contribution in [0.4, 0.5) is 0 Å². The number of amides is 1. The van der Waals surface area contributed by atoms with Gasteiger partial charge < -0.3 is 4.90 Å². The number of allylic oxidation sites excluding steroid dienone is 1. The molecule has 0 unspecified atom stereocenters. The van der Waals surface area contributed by atoms with Gasteiger partial charge >= 0.3 is 0 Å². The molecule has 0 aliphatic rings. The van der Waals surface area contributed by atoms with Gasteiger partial charge in [0.25, 0.3) is 0 Å². The Balaban J connectivity index is 3.72. The van der Waals surface area contributed by atoms with E-state index in [0.717, 1.165) is 19.4 Å². The van der Waals surface area contributed by atoms with Crippen LogP contribution < -0.4 is 0 Å². The second kappa shape index (κ2) is 5.96. The average Bonchev–Trinajstić information content (AvgIpc) is 2.00. The maximum absolute atomic E-state index is 11.1. The lowest BCUT2D eigenvalue weighted by molar-refractivity contribution is -0.124. The predicted molar refractivity (Wildman–Crippen MR) is 47.4 cm³/mol. The smallest absolute Gasteiger partial charge is 0.245 e. The maximum Gasteiger partial charge on any atom is 0.245 e. The summed E-state index contributed by atoms with van der Waals surface area (Å²) in [5, 5.41) is 0. The molecular weight excluding hydrogens is 138 g/mol. The lowest BCUT2D eigenvalue weighted by Gasteiger charge is -2.12. The normalized spacial score (nSPS) is 10.5. The Labute approximate surface area is 68.9 Å². The third kappa shape index (κ3) is 4.59. The summed E-state index contributed by atoms with van der Waals surface area (Å²) in [5.41, 5.74) is 0. The van der Waals surface area contributed by atoms with Crippen LogP contribution in [-0.2, 0) is 4.79 Å². The van der Waals surface area contributed by atoms with Gasteiger partial charge in [0.2, 0.25) is 5.91 Å². The van der Waals surface area contributed by atoms with E-state index < -0.39 is 0 Å². The van der Waals surface area contributed by atoms with E-state index in [1.54, 1.807) is 11.0 Å². The third-order valence-corrected chi connectivity index (χ3v) is 1.43. The fourth-order valence-corrected chi connectivity index (χ4v) is 0.792. The van der Waals surface area contributed by atoms with Crippen LogP contribution in [0.5, 0.6) is 0 Å². The van der Waals surface area contributed by atoms with E-state index in [1.807, 2.05) is 20.0 Å². The molecule has 0 aliphatic heterocycles. The molecule has 0 rings (SSSR count). The van der Waals surface area contributed by atoms with Crippen LogP contribution in [-0.4, -0.2) is 24.4 Å². The molecule has 0 aromatic carbocycles. The Morgan fingerprint density at radius 1 is 1.45 bits per heavy atom. The summed E-state index contributed by atoms with van der Waals surface area (Å²) in [6, 6.07) is 0. The van der Waals surface area contributed by atoms with Crippen LogP contribution in [0.15, 0.2) is 12.2 Å². The number of likely N-dealkylation sites (N-methyl/N-ethyl adjacent to an activating group) is 1. The zero-order chi connectivity index (χ0) is 8.69. The molecule has 0 aromatic heterocycles. The van der Waals surface area contributed by atoms with Gasteiger partial charge in [-0.05, 0) is 18.9 Å². The van der Waals surface area contributed by atoms with Crippen molar-refractivity contribution >= 4 is 5.91 Å².